The summed E-state index contributed by atoms with van der Waals surface area (Å²) in [5, 5.41) is 2.34. The standard InChI is InChI=1S/C34H31IN2O4/c35-27-7-1-22(2-8-27)20-41-29-11-3-21(4-12-29)16-30-31(38)36-33(40)37(32(30)39)28-9-5-26(6-10-28)34-17-23-13-24(18-34)15-25(14-23)19-34/h1-12,16,23-25H,13-15,17-20H2,(H,36,38,40)/b30-16+. The van der Waals surface area contributed by atoms with Crippen molar-refractivity contribution >= 4 is 52.2 Å². The lowest BCUT2D eigenvalue weighted by atomic mass is 9.48. The Morgan fingerprint density at radius 2 is 1.44 bits per heavy atom. The minimum absolute atomic E-state index is 0.0812. The molecule has 3 aromatic rings. The zero-order valence-electron chi connectivity index (χ0n) is 22.6. The van der Waals surface area contributed by atoms with Crippen LogP contribution in [0.3, 0.4) is 0 Å². The number of amides is 4. The highest BCUT2D eigenvalue weighted by molar-refractivity contribution is 14.1. The molecule has 208 valence electrons. The summed E-state index contributed by atoms with van der Waals surface area (Å²) in [6.07, 6.45) is 9.41. The molecule has 1 N–H and O–H groups in total. The van der Waals surface area contributed by atoms with Gasteiger partial charge in [0.05, 0.1) is 5.69 Å². The van der Waals surface area contributed by atoms with E-state index in [4.69, 9.17) is 4.74 Å². The van der Waals surface area contributed by atoms with Gasteiger partial charge in [0, 0.05) is 3.57 Å². The SMILES string of the molecule is O=C1NC(=O)N(c2ccc(C34CC5CC(CC(C5)C3)C4)cc2)C(=O)/C1=C/c1ccc(OCc2ccc(I)cc2)cc1. The van der Waals surface area contributed by atoms with Crippen molar-refractivity contribution in [2.45, 2.75) is 50.5 Å². The van der Waals surface area contributed by atoms with Crippen molar-refractivity contribution in [2.75, 3.05) is 4.90 Å². The van der Waals surface area contributed by atoms with Gasteiger partial charge in [-0.3, -0.25) is 14.9 Å². The molecule has 7 heteroatoms. The number of rotatable bonds is 6. The molecule has 1 heterocycles. The summed E-state index contributed by atoms with van der Waals surface area (Å²) in [5.74, 6) is 1.87. The van der Waals surface area contributed by atoms with E-state index in [9.17, 15) is 14.4 Å². The number of ether oxygens (including phenoxy) is 1. The van der Waals surface area contributed by atoms with E-state index in [1.165, 1.54) is 53.7 Å². The number of urea groups is 1. The number of hydrogen-bond acceptors (Lipinski definition) is 4. The van der Waals surface area contributed by atoms with Crippen LogP contribution in [0.15, 0.2) is 78.4 Å². The van der Waals surface area contributed by atoms with E-state index >= 15 is 0 Å². The summed E-state index contributed by atoms with van der Waals surface area (Å²) in [7, 11) is 0. The highest BCUT2D eigenvalue weighted by atomic mass is 127. The molecule has 8 rings (SSSR count). The number of benzene rings is 3. The van der Waals surface area contributed by atoms with Crippen LogP contribution in [-0.2, 0) is 21.6 Å². The van der Waals surface area contributed by atoms with Crippen LogP contribution in [0.5, 0.6) is 5.75 Å². The van der Waals surface area contributed by atoms with Gasteiger partial charge >= 0.3 is 6.03 Å². The molecule has 4 amide bonds. The first-order valence-corrected chi connectivity index (χ1v) is 15.4. The largest absolute Gasteiger partial charge is 0.489 e. The smallest absolute Gasteiger partial charge is 0.335 e. The third-order valence-electron chi connectivity index (χ3n) is 9.39. The maximum atomic E-state index is 13.5. The quantitative estimate of drug-likeness (QED) is 0.176. The van der Waals surface area contributed by atoms with Crippen molar-refractivity contribution in [1.82, 2.24) is 5.32 Å². The second-order valence-corrected chi connectivity index (χ2v) is 13.4. The van der Waals surface area contributed by atoms with E-state index < -0.39 is 17.8 Å². The van der Waals surface area contributed by atoms with Gasteiger partial charge in [0.25, 0.3) is 11.8 Å². The lowest BCUT2D eigenvalue weighted by Crippen LogP contribution is -2.54. The molecule has 41 heavy (non-hydrogen) atoms. The lowest BCUT2D eigenvalue weighted by molar-refractivity contribution is -0.122. The molecule has 3 aromatic carbocycles. The van der Waals surface area contributed by atoms with Gasteiger partial charge in [-0.2, -0.15) is 0 Å². The number of nitrogens with zero attached hydrogens (tertiary/aromatic N) is 1. The van der Waals surface area contributed by atoms with Crippen LogP contribution in [0.25, 0.3) is 6.08 Å². The summed E-state index contributed by atoms with van der Waals surface area (Å²) in [4.78, 5) is 40.0. The van der Waals surface area contributed by atoms with Gasteiger partial charge in [-0.25, -0.2) is 9.69 Å². The van der Waals surface area contributed by atoms with Crippen LogP contribution in [0.2, 0.25) is 0 Å². The van der Waals surface area contributed by atoms with Gasteiger partial charge in [0.2, 0.25) is 0 Å². The fourth-order valence-electron chi connectivity index (χ4n) is 7.89. The first-order chi connectivity index (χ1) is 19.8. The highest BCUT2D eigenvalue weighted by Gasteiger charge is 2.51. The van der Waals surface area contributed by atoms with Gasteiger partial charge in [0.1, 0.15) is 17.9 Å². The Kier molecular flexibility index (Phi) is 6.72. The Morgan fingerprint density at radius 3 is 2.05 bits per heavy atom. The number of carbonyl (C=O) groups is 3. The molecule has 6 nitrogen and oxygen atoms in total. The summed E-state index contributed by atoms with van der Waals surface area (Å²) in [6.45, 7) is 0.441. The molecule has 1 aliphatic heterocycles. The van der Waals surface area contributed by atoms with E-state index in [0.29, 0.717) is 23.6 Å². The van der Waals surface area contributed by atoms with Crippen molar-refractivity contribution in [3.63, 3.8) is 0 Å². The molecule has 4 saturated carbocycles. The molecule has 0 spiro atoms. The van der Waals surface area contributed by atoms with Crippen LogP contribution in [0, 0.1) is 21.3 Å². The summed E-state index contributed by atoms with van der Waals surface area (Å²) < 4.78 is 7.04. The first kappa shape index (κ1) is 26.4. The Balaban J connectivity index is 1.07. The Hall–Kier alpha value is -3.46. The molecule has 4 aliphatic carbocycles. The van der Waals surface area contributed by atoms with Crippen LogP contribution in [0.4, 0.5) is 10.5 Å². The highest BCUT2D eigenvalue weighted by Crippen LogP contribution is 2.60. The number of carbonyl (C=O) groups excluding carboxylic acids is 3. The predicted molar refractivity (Wildman–Crippen MR) is 165 cm³/mol. The van der Waals surface area contributed by atoms with Crippen LogP contribution >= 0.6 is 22.6 Å². The number of anilines is 1. The molecule has 0 unspecified atom stereocenters. The van der Waals surface area contributed by atoms with Crippen LogP contribution in [0.1, 0.15) is 55.2 Å². The van der Waals surface area contributed by atoms with E-state index in [2.05, 4.69) is 40.0 Å². The topological polar surface area (TPSA) is 75.7 Å². The molecule has 0 atom stereocenters. The Labute approximate surface area is 253 Å². The van der Waals surface area contributed by atoms with Crippen molar-refractivity contribution < 1.29 is 19.1 Å². The van der Waals surface area contributed by atoms with Gasteiger partial charge in [-0.05, 0) is 143 Å². The number of halogens is 1. The lowest BCUT2D eigenvalue weighted by Gasteiger charge is -2.57. The second-order valence-electron chi connectivity index (χ2n) is 12.2. The average molecular weight is 659 g/mol. The van der Waals surface area contributed by atoms with Crippen molar-refractivity contribution in [3.05, 3.63) is 98.6 Å². The fraction of sp³-hybridized carbons (Fsp3) is 0.324. The Morgan fingerprint density at radius 1 is 0.829 bits per heavy atom. The third kappa shape index (κ3) is 5.09. The minimum Gasteiger partial charge on any atom is -0.489 e. The number of nitrogens with one attached hydrogen (secondary N) is 1. The number of hydrogen-bond donors (Lipinski definition) is 1. The van der Waals surface area contributed by atoms with Crippen molar-refractivity contribution in [3.8, 4) is 5.75 Å². The normalized spacial score (nSPS) is 27.8. The van der Waals surface area contributed by atoms with E-state index in [1.807, 2.05) is 36.4 Å². The van der Waals surface area contributed by atoms with Crippen LogP contribution in [-0.4, -0.2) is 17.8 Å². The third-order valence-corrected chi connectivity index (χ3v) is 10.1. The van der Waals surface area contributed by atoms with Gasteiger partial charge in [-0.1, -0.05) is 36.4 Å². The molecule has 5 fully saturated rings. The van der Waals surface area contributed by atoms with E-state index in [0.717, 1.165) is 28.2 Å². The zero-order valence-corrected chi connectivity index (χ0v) is 24.8. The summed E-state index contributed by atoms with van der Waals surface area (Å²) in [6, 6.07) is 22.5. The maximum absolute atomic E-state index is 13.5. The van der Waals surface area contributed by atoms with Crippen LogP contribution < -0.4 is 15.0 Å². The number of barbiturate groups is 1. The molecule has 5 aliphatic rings. The van der Waals surface area contributed by atoms with Crippen molar-refractivity contribution in [2.24, 2.45) is 17.8 Å². The molecular formula is C34H31IN2O4. The average Bonchev–Trinajstić information content (AvgIpc) is 2.95. The molecule has 4 bridgehead atoms. The van der Waals surface area contributed by atoms with Gasteiger partial charge in [-0.15, -0.1) is 0 Å². The summed E-state index contributed by atoms with van der Waals surface area (Å²) in [5.41, 5.74) is 3.67. The molecule has 0 radical (unpaired) electrons. The zero-order chi connectivity index (χ0) is 28.1. The fourth-order valence-corrected chi connectivity index (χ4v) is 8.25. The summed E-state index contributed by atoms with van der Waals surface area (Å²) >= 11 is 2.27. The second kappa shape index (κ2) is 10.4. The Bertz CT molecular complexity index is 1510. The molecule has 1 saturated heterocycles. The molecule has 0 aromatic heterocycles. The molecular weight excluding hydrogens is 627 g/mol. The van der Waals surface area contributed by atoms with Crippen molar-refractivity contribution in [1.29, 1.82) is 0 Å². The maximum Gasteiger partial charge on any atom is 0.335 e. The predicted octanol–water partition coefficient (Wildman–Crippen LogP) is 7.00. The minimum atomic E-state index is -0.723. The number of imide groups is 2. The van der Waals surface area contributed by atoms with Gasteiger partial charge < -0.3 is 4.74 Å². The first-order valence-electron chi connectivity index (χ1n) is 14.3. The van der Waals surface area contributed by atoms with E-state index in [-0.39, 0.29) is 11.0 Å². The monoisotopic (exact) mass is 658 g/mol. The van der Waals surface area contributed by atoms with Gasteiger partial charge in [0.15, 0.2) is 0 Å². The van der Waals surface area contributed by atoms with E-state index in [1.54, 1.807) is 24.3 Å².